The van der Waals surface area contributed by atoms with Gasteiger partial charge in [0.05, 0.1) is 52.5 Å². The summed E-state index contributed by atoms with van der Waals surface area (Å²) in [6, 6.07) is 20.8. The highest BCUT2D eigenvalue weighted by atomic mass is 32.2. The van der Waals surface area contributed by atoms with Crippen LogP contribution in [0.15, 0.2) is 77.8 Å². The Morgan fingerprint density at radius 3 is 2.59 bits per heavy atom. The molecule has 7 heterocycles. The van der Waals surface area contributed by atoms with E-state index in [1.54, 1.807) is 12.3 Å². The second kappa shape index (κ2) is 16.9. The molecule has 4 N–H and O–H groups in total. The van der Waals surface area contributed by atoms with Gasteiger partial charge >= 0.3 is 0 Å². The number of carbonyl (C=O) groups is 1. The van der Waals surface area contributed by atoms with Crippen LogP contribution >= 0.6 is 0 Å². The van der Waals surface area contributed by atoms with Crippen LogP contribution in [0.5, 0.6) is 11.6 Å². The van der Waals surface area contributed by atoms with Crippen LogP contribution in [-0.2, 0) is 14.8 Å². The normalized spacial score (nSPS) is 26.3. The summed E-state index contributed by atoms with van der Waals surface area (Å²) in [6.07, 6.45) is 8.38. The van der Waals surface area contributed by atoms with Gasteiger partial charge in [-0.25, -0.2) is 13.1 Å². The predicted octanol–water partition coefficient (Wildman–Crippen LogP) is 7.54. The summed E-state index contributed by atoms with van der Waals surface area (Å²) in [5, 5.41) is 26.6. The molecule has 0 radical (unpaired) electrons. The summed E-state index contributed by atoms with van der Waals surface area (Å²) < 4.78 is 49.3. The maximum Gasteiger partial charge on any atom is 0.297 e. The number of aliphatic hydroxyl groups is 1. The molecule has 4 atom stereocenters. The lowest BCUT2D eigenvalue weighted by Gasteiger charge is -2.62. The predicted molar refractivity (Wildman–Crippen MR) is 259 cm³/mol. The van der Waals surface area contributed by atoms with Crippen LogP contribution in [0.3, 0.4) is 0 Å². The quantitative estimate of drug-likeness (QED) is 0.0789. The van der Waals surface area contributed by atoms with E-state index < -0.39 is 37.5 Å². The van der Waals surface area contributed by atoms with Gasteiger partial charge in [0.1, 0.15) is 24.0 Å². The average Bonchev–Trinajstić information content (AvgIpc) is 4.11. The second-order valence-corrected chi connectivity index (χ2v) is 22.5. The van der Waals surface area contributed by atoms with Crippen LogP contribution in [0, 0.1) is 21.4 Å². The van der Waals surface area contributed by atoms with Crippen LogP contribution in [0.2, 0.25) is 0 Å². The van der Waals surface area contributed by atoms with E-state index in [0.717, 1.165) is 62.5 Å². The van der Waals surface area contributed by atoms with Gasteiger partial charge < -0.3 is 39.4 Å². The van der Waals surface area contributed by atoms with Crippen molar-refractivity contribution in [2.75, 3.05) is 54.6 Å². The lowest BCUT2D eigenvalue weighted by Crippen LogP contribution is -2.66. The van der Waals surface area contributed by atoms with Gasteiger partial charge in [0.15, 0.2) is 11.4 Å². The number of hydrogen-bond donors (Lipinski definition) is 4. The topological polar surface area (TPSA) is 205 Å². The molecule has 5 aliphatic heterocycles. The number of ether oxygens (including phenoxy) is 3. The van der Waals surface area contributed by atoms with Gasteiger partial charge in [-0.2, -0.15) is 4.98 Å². The molecule has 2 aliphatic carbocycles. The Morgan fingerprint density at radius 1 is 0.986 bits per heavy atom. The Kier molecular flexibility index (Phi) is 10.8. The number of aromatic amines is 1. The first kappa shape index (κ1) is 44.3. The summed E-state index contributed by atoms with van der Waals surface area (Å²) in [5.74, 6) is 0.0561. The number of benzene rings is 3. The molecule has 5 aromatic rings. The number of likely N-dealkylation sites (tertiary alicyclic amines) is 1. The smallest absolute Gasteiger partial charge is 0.297 e. The van der Waals surface area contributed by atoms with Crippen molar-refractivity contribution in [3.63, 3.8) is 0 Å². The van der Waals surface area contributed by atoms with Gasteiger partial charge in [-0.05, 0) is 111 Å². The number of amides is 1. The minimum Gasteiger partial charge on any atom is -0.489 e. The molecule has 7 aliphatic rings. The number of sulfonamides is 1. The Hall–Kier alpha value is -5.95. The number of hydrogen-bond acceptors (Lipinski definition) is 14. The molecule has 3 saturated heterocycles. The molecule has 3 aromatic carbocycles. The van der Waals surface area contributed by atoms with E-state index in [4.69, 9.17) is 19.2 Å². The lowest BCUT2D eigenvalue weighted by atomic mass is 9.60. The number of carbonyl (C=O) groups excluding carboxylic acids is 1. The summed E-state index contributed by atoms with van der Waals surface area (Å²) >= 11 is 0. The van der Waals surface area contributed by atoms with Crippen molar-refractivity contribution in [3.05, 3.63) is 99.7 Å². The van der Waals surface area contributed by atoms with Crippen molar-refractivity contribution in [1.82, 2.24) is 19.6 Å². The highest BCUT2D eigenvalue weighted by Gasteiger charge is 2.55. The maximum atomic E-state index is 14.7. The Morgan fingerprint density at radius 2 is 1.80 bits per heavy atom. The van der Waals surface area contributed by atoms with E-state index >= 15 is 0 Å². The standard InChI is InChI=1S/C51H58N8O9S/c1-29(2)36-6-3-4-7-37(36)40-8-5-17-57(40)33-22-51(23-33)27-56(28-51)32-11-14-38(41(19-32)58-43-18-31-15-16-52-48(31)54-50(43)68-46-26-66-25-44(46)58)49(61)55-69(64,65)35-20-42(59(62)63)47-45(21-35)67-24-39(53-47)30-9-12-34(60)13-10-30/h3-4,6-7,11,14-16,18-21,29-30,33-34,39-40,44,46,53,60H,5,8-10,12-13,17,22-28H2,1-2H3,(H,52,54)(H,55,61)/t30?,34?,39-,40+,44-,46-/m1/s1. The molecule has 2 saturated carbocycles. The number of nitro benzene ring substituents is 1. The van der Waals surface area contributed by atoms with Crippen molar-refractivity contribution in [2.24, 2.45) is 11.3 Å². The monoisotopic (exact) mass is 958 g/mol. The van der Waals surface area contributed by atoms with E-state index in [0.29, 0.717) is 67.0 Å². The van der Waals surface area contributed by atoms with Gasteiger partial charge in [0.2, 0.25) is 5.88 Å². The zero-order valence-corrected chi connectivity index (χ0v) is 39.6. The summed E-state index contributed by atoms with van der Waals surface area (Å²) in [7, 11) is -4.69. The largest absolute Gasteiger partial charge is 0.489 e. The average molecular weight is 959 g/mol. The van der Waals surface area contributed by atoms with E-state index in [1.165, 1.54) is 30.0 Å². The van der Waals surface area contributed by atoms with Gasteiger partial charge in [-0.1, -0.05) is 38.1 Å². The van der Waals surface area contributed by atoms with Gasteiger partial charge in [-0.3, -0.25) is 19.8 Å². The number of nitro groups is 1. The SMILES string of the molecule is CC(C)c1ccccc1[C@@H]1CCCN1C1CC2(C1)CN(c1ccc(C(=O)NS(=O)(=O)c3cc4c(c([N+](=O)[O-])c3)N[C@@H](C3CCC(O)CC3)CO4)c(N3c4cc5cc[nH]c5nc4O[C@@H]4COC[C@H]43)c1)C2. The summed E-state index contributed by atoms with van der Waals surface area (Å²) in [6.45, 7) is 8.16. The van der Waals surface area contributed by atoms with Crippen molar-refractivity contribution >= 4 is 55.4 Å². The first-order valence-electron chi connectivity index (χ1n) is 24.5. The molecule has 12 rings (SSSR count). The fourth-order valence-corrected chi connectivity index (χ4v) is 13.6. The number of aromatic nitrogens is 2. The number of aliphatic hydroxyl groups excluding tert-OH is 1. The van der Waals surface area contributed by atoms with Crippen LogP contribution in [0.1, 0.15) is 98.7 Å². The molecule has 2 aromatic heterocycles. The minimum atomic E-state index is -4.69. The molecule has 362 valence electrons. The molecule has 0 unspecified atom stereocenters. The number of rotatable bonds is 10. The lowest BCUT2D eigenvalue weighted by molar-refractivity contribution is -0.384. The highest BCUT2D eigenvalue weighted by molar-refractivity contribution is 7.90. The molecule has 69 heavy (non-hydrogen) atoms. The number of anilines is 4. The fraction of sp³-hybridized carbons (Fsp3) is 0.490. The van der Waals surface area contributed by atoms with Crippen molar-refractivity contribution in [2.45, 2.75) is 112 Å². The highest BCUT2D eigenvalue weighted by Crippen LogP contribution is 2.55. The molecular weight excluding hydrogens is 901 g/mol. The number of nitrogens with one attached hydrogen (secondary N) is 3. The maximum absolute atomic E-state index is 14.7. The van der Waals surface area contributed by atoms with E-state index in [1.807, 2.05) is 29.2 Å². The van der Waals surface area contributed by atoms with Crippen LogP contribution in [0.4, 0.5) is 28.4 Å². The Labute approximate surface area is 400 Å². The third-order valence-electron chi connectivity index (χ3n) is 16.2. The van der Waals surface area contributed by atoms with E-state index in [9.17, 15) is 28.4 Å². The van der Waals surface area contributed by atoms with E-state index in [-0.39, 0.29) is 53.1 Å². The van der Waals surface area contributed by atoms with Crippen LogP contribution in [-0.4, -0.2) is 109 Å². The van der Waals surface area contributed by atoms with Gasteiger partial charge in [0.25, 0.3) is 21.6 Å². The minimum absolute atomic E-state index is 0.0109. The molecule has 1 amide bonds. The third-order valence-corrected chi connectivity index (χ3v) is 17.5. The Bertz CT molecular complexity index is 2960. The second-order valence-electron chi connectivity index (χ2n) is 20.8. The number of nitrogens with zero attached hydrogens (tertiary/aromatic N) is 5. The first-order chi connectivity index (χ1) is 33.3. The molecule has 18 heteroatoms. The number of pyridine rings is 1. The van der Waals surface area contributed by atoms with E-state index in [2.05, 4.69) is 62.9 Å². The van der Waals surface area contributed by atoms with Gasteiger partial charge in [0, 0.05) is 60.0 Å². The van der Waals surface area contributed by atoms with Crippen molar-refractivity contribution in [3.8, 4) is 11.6 Å². The molecule has 0 bridgehead atoms. The number of fused-ring (bicyclic) bond motifs is 4. The number of H-pyrrole nitrogens is 1. The summed E-state index contributed by atoms with van der Waals surface area (Å²) in [4.78, 5) is 41.1. The van der Waals surface area contributed by atoms with Crippen LogP contribution < -0.4 is 29.3 Å². The molecule has 17 nitrogen and oxygen atoms in total. The fourth-order valence-electron chi connectivity index (χ4n) is 12.6. The van der Waals surface area contributed by atoms with Gasteiger partial charge in [-0.15, -0.1) is 0 Å². The third kappa shape index (κ3) is 7.74. The molecule has 1 spiro atoms. The first-order valence-corrected chi connectivity index (χ1v) is 26.0. The zero-order valence-electron chi connectivity index (χ0n) is 38.8. The molecular formula is C51H58N8O9S. The zero-order chi connectivity index (χ0) is 47.3. The van der Waals surface area contributed by atoms with Crippen molar-refractivity contribution < 1.29 is 37.5 Å². The Balaban J connectivity index is 0.837. The van der Waals surface area contributed by atoms with Crippen molar-refractivity contribution in [1.29, 1.82) is 0 Å². The van der Waals surface area contributed by atoms with Crippen LogP contribution in [0.25, 0.3) is 11.0 Å². The molecule has 5 fully saturated rings. The summed E-state index contributed by atoms with van der Waals surface area (Å²) in [5.41, 5.74) is 5.42.